The Morgan fingerprint density at radius 3 is 2.83 bits per heavy atom. The Morgan fingerprint density at radius 2 is 2.12 bits per heavy atom. The predicted molar refractivity (Wildman–Crippen MR) is 90.6 cm³/mol. The highest BCUT2D eigenvalue weighted by Crippen LogP contribution is 2.41. The number of fused-ring (bicyclic) bond motifs is 2. The summed E-state index contributed by atoms with van der Waals surface area (Å²) in [5, 5.41) is 6.26. The standard InChI is InChI=1S/C18H21N3O3/c1-10-3-5-14(24-2)16-12(10)9-11-7-8-21(17(11)20-16)18(23)13-4-6-15(22)19-13/h3,5,9,13,17,20H,4,6-8H2,1-2H3,(H,19,22). The number of carbonyl (C=O) groups excluding carboxylic acids is 2. The van der Waals surface area contributed by atoms with Crippen molar-refractivity contribution in [1.29, 1.82) is 0 Å². The average molecular weight is 327 g/mol. The lowest BCUT2D eigenvalue weighted by Gasteiger charge is -2.33. The molecular weight excluding hydrogens is 306 g/mol. The summed E-state index contributed by atoms with van der Waals surface area (Å²) < 4.78 is 5.47. The van der Waals surface area contributed by atoms with Gasteiger partial charge < -0.3 is 20.3 Å². The van der Waals surface area contributed by atoms with E-state index in [9.17, 15) is 9.59 Å². The van der Waals surface area contributed by atoms with Crippen LogP contribution in [0.25, 0.3) is 6.08 Å². The molecule has 2 amide bonds. The molecule has 126 valence electrons. The Morgan fingerprint density at radius 1 is 1.29 bits per heavy atom. The number of likely N-dealkylation sites (tertiary alicyclic amines) is 1. The molecule has 0 aromatic heterocycles. The molecule has 24 heavy (non-hydrogen) atoms. The second-order valence-corrected chi connectivity index (χ2v) is 6.58. The van der Waals surface area contributed by atoms with E-state index in [-0.39, 0.29) is 24.0 Å². The van der Waals surface area contributed by atoms with Crippen LogP contribution in [-0.4, -0.2) is 42.6 Å². The highest BCUT2D eigenvalue weighted by molar-refractivity contribution is 5.92. The summed E-state index contributed by atoms with van der Waals surface area (Å²) in [6.45, 7) is 2.74. The summed E-state index contributed by atoms with van der Waals surface area (Å²) in [5.74, 6) is 0.735. The van der Waals surface area contributed by atoms with E-state index in [1.54, 1.807) is 7.11 Å². The van der Waals surface area contributed by atoms with Crippen LogP contribution < -0.4 is 15.4 Å². The molecule has 4 rings (SSSR count). The van der Waals surface area contributed by atoms with E-state index in [1.165, 1.54) is 11.1 Å². The molecule has 1 aromatic rings. The van der Waals surface area contributed by atoms with Crippen molar-refractivity contribution in [2.45, 2.75) is 38.4 Å². The zero-order chi connectivity index (χ0) is 16.8. The average Bonchev–Trinajstić information content (AvgIpc) is 3.19. The fourth-order valence-electron chi connectivity index (χ4n) is 3.80. The number of nitrogens with zero attached hydrogens (tertiary/aromatic N) is 1. The summed E-state index contributed by atoms with van der Waals surface area (Å²) >= 11 is 0. The van der Waals surface area contributed by atoms with Gasteiger partial charge in [0, 0.05) is 18.5 Å². The molecule has 3 aliphatic heterocycles. The molecule has 0 radical (unpaired) electrons. The summed E-state index contributed by atoms with van der Waals surface area (Å²) in [4.78, 5) is 26.0. The van der Waals surface area contributed by atoms with E-state index in [2.05, 4.69) is 23.6 Å². The van der Waals surface area contributed by atoms with E-state index in [4.69, 9.17) is 4.74 Å². The maximum atomic E-state index is 12.8. The van der Waals surface area contributed by atoms with Gasteiger partial charge in [-0.1, -0.05) is 6.07 Å². The summed E-state index contributed by atoms with van der Waals surface area (Å²) in [6.07, 6.45) is 3.88. The van der Waals surface area contributed by atoms with Gasteiger partial charge in [-0.15, -0.1) is 0 Å². The van der Waals surface area contributed by atoms with Crippen LogP contribution in [0.4, 0.5) is 5.69 Å². The van der Waals surface area contributed by atoms with Crippen LogP contribution in [0.3, 0.4) is 0 Å². The van der Waals surface area contributed by atoms with Crippen molar-refractivity contribution in [3.63, 3.8) is 0 Å². The Kier molecular flexibility index (Phi) is 3.48. The number of aryl methyl sites for hydroxylation is 1. The Balaban J connectivity index is 1.64. The summed E-state index contributed by atoms with van der Waals surface area (Å²) in [5.41, 5.74) is 4.44. The Bertz CT molecular complexity index is 756. The monoisotopic (exact) mass is 327 g/mol. The third-order valence-electron chi connectivity index (χ3n) is 5.14. The second-order valence-electron chi connectivity index (χ2n) is 6.58. The molecule has 0 spiro atoms. The fourth-order valence-corrected chi connectivity index (χ4v) is 3.80. The molecule has 0 saturated carbocycles. The van der Waals surface area contributed by atoms with E-state index in [0.29, 0.717) is 19.4 Å². The number of ether oxygens (including phenoxy) is 1. The minimum Gasteiger partial charge on any atom is -0.495 e. The van der Waals surface area contributed by atoms with Crippen molar-refractivity contribution in [1.82, 2.24) is 10.2 Å². The normalized spacial score (nSPS) is 24.7. The second kappa shape index (κ2) is 5.54. The van der Waals surface area contributed by atoms with Crippen molar-refractivity contribution in [2.24, 2.45) is 0 Å². The van der Waals surface area contributed by atoms with Crippen LogP contribution in [0, 0.1) is 6.92 Å². The minimum absolute atomic E-state index is 0.00294. The summed E-state index contributed by atoms with van der Waals surface area (Å²) in [6, 6.07) is 3.60. The Labute approximate surface area is 140 Å². The zero-order valence-electron chi connectivity index (χ0n) is 13.9. The number of anilines is 1. The Hall–Kier alpha value is -2.50. The highest BCUT2D eigenvalue weighted by atomic mass is 16.5. The third-order valence-corrected chi connectivity index (χ3v) is 5.14. The maximum absolute atomic E-state index is 12.8. The van der Waals surface area contributed by atoms with Crippen LogP contribution in [-0.2, 0) is 9.59 Å². The molecule has 2 fully saturated rings. The largest absolute Gasteiger partial charge is 0.495 e. The van der Waals surface area contributed by atoms with Crippen molar-refractivity contribution in [2.75, 3.05) is 19.0 Å². The first-order valence-corrected chi connectivity index (χ1v) is 8.33. The number of carbonyl (C=O) groups is 2. The molecular formula is C18H21N3O3. The highest BCUT2D eigenvalue weighted by Gasteiger charge is 2.40. The lowest BCUT2D eigenvalue weighted by atomic mass is 9.97. The van der Waals surface area contributed by atoms with Gasteiger partial charge in [-0.25, -0.2) is 0 Å². The van der Waals surface area contributed by atoms with Gasteiger partial charge in [-0.2, -0.15) is 0 Å². The van der Waals surface area contributed by atoms with Crippen LogP contribution in [0.5, 0.6) is 5.75 Å². The van der Waals surface area contributed by atoms with Crippen molar-refractivity contribution in [3.8, 4) is 5.75 Å². The molecule has 2 atom stereocenters. The van der Waals surface area contributed by atoms with Gasteiger partial charge in [-0.05, 0) is 43.0 Å². The number of hydrogen-bond acceptors (Lipinski definition) is 4. The van der Waals surface area contributed by atoms with Gasteiger partial charge in [0.05, 0.1) is 12.8 Å². The maximum Gasteiger partial charge on any atom is 0.247 e. The van der Waals surface area contributed by atoms with Crippen molar-refractivity contribution < 1.29 is 14.3 Å². The molecule has 0 aliphatic carbocycles. The summed E-state index contributed by atoms with van der Waals surface area (Å²) in [7, 11) is 1.65. The van der Waals surface area contributed by atoms with E-state index in [1.807, 2.05) is 17.0 Å². The minimum atomic E-state index is -0.389. The number of nitrogens with one attached hydrogen (secondary N) is 2. The van der Waals surface area contributed by atoms with Crippen LogP contribution in [0.2, 0.25) is 0 Å². The van der Waals surface area contributed by atoms with Gasteiger partial charge in [0.1, 0.15) is 18.0 Å². The van der Waals surface area contributed by atoms with Gasteiger partial charge in [0.25, 0.3) is 0 Å². The van der Waals surface area contributed by atoms with E-state index in [0.717, 1.165) is 23.4 Å². The fraction of sp³-hybridized carbons (Fsp3) is 0.444. The smallest absolute Gasteiger partial charge is 0.247 e. The number of amides is 2. The molecule has 6 heteroatoms. The molecule has 0 bridgehead atoms. The first kappa shape index (κ1) is 15.1. The molecule has 2 saturated heterocycles. The van der Waals surface area contributed by atoms with Gasteiger partial charge in [0.2, 0.25) is 11.8 Å². The van der Waals surface area contributed by atoms with Crippen LogP contribution >= 0.6 is 0 Å². The van der Waals surface area contributed by atoms with Crippen molar-refractivity contribution in [3.05, 3.63) is 28.8 Å². The lowest BCUT2D eigenvalue weighted by molar-refractivity contribution is -0.134. The van der Waals surface area contributed by atoms with E-state index >= 15 is 0 Å². The number of rotatable bonds is 2. The topological polar surface area (TPSA) is 70.7 Å². The molecule has 3 aliphatic rings. The lowest BCUT2D eigenvalue weighted by Crippen LogP contribution is -2.49. The number of benzene rings is 1. The first-order chi connectivity index (χ1) is 11.6. The molecule has 2 unspecified atom stereocenters. The number of hydrogen-bond donors (Lipinski definition) is 2. The zero-order valence-corrected chi connectivity index (χ0v) is 13.9. The predicted octanol–water partition coefficient (Wildman–Crippen LogP) is 1.65. The van der Waals surface area contributed by atoms with Gasteiger partial charge in [-0.3, -0.25) is 9.59 Å². The first-order valence-electron chi connectivity index (χ1n) is 8.33. The van der Waals surface area contributed by atoms with Gasteiger partial charge in [0.15, 0.2) is 0 Å². The SMILES string of the molecule is COc1ccc(C)c2c1NC1C(=C2)CCN1C(=O)C1CCC(=O)N1. The van der Waals surface area contributed by atoms with Crippen LogP contribution in [0.1, 0.15) is 30.4 Å². The molecule has 3 heterocycles. The molecule has 6 nitrogen and oxygen atoms in total. The van der Waals surface area contributed by atoms with E-state index < -0.39 is 0 Å². The van der Waals surface area contributed by atoms with Crippen LogP contribution in [0.15, 0.2) is 17.7 Å². The third kappa shape index (κ3) is 2.25. The van der Waals surface area contributed by atoms with Crippen molar-refractivity contribution >= 4 is 23.6 Å². The number of methoxy groups -OCH3 is 1. The molecule has 2 N–H and O–H groups in total. The molecule has 1 aromatic carbocycles. The quantitative estimate of drug-likeness (QED) is 0.866. The van der Waals surface area contributed by atoms with Gasteiger partial charge >= 0.3 is 0 Å².